The number of benzene rings is 1. The molecule has 1 aromatic carbocycles. The summed E-state index contributed by atoms with van der Waals surface area (Å²) < 4.78 is 0.743. The van der Waals surface area contributed by atoms with E-state index in [1.165, 1.54) is 6.20 Å². The lowest BCUT2D eigenvalue weighted by molar-refractivity contribution is 0.102. The molecule has 1 aromatic heterocycles. The van der Waals surface area contributed by atoms with Gasteiger partial charge in [0.1, 0.15) is 5.15 Å². The number of hydrogen-bond acceptors (Lipinski definition) is 2. The predicted molar refractivity (Wildman–Crippen MR) is 76.4 cm³/mol. The van der Waals surface area contributed by atoms with Crippen LogP contribution in [0.15, 0.2) is 41.0 Å². The molecule has 1 amide bonds. The molecule has 0 aliphatic carbocycles. The van der Waals surface area contributed by atoms with Crippen LogP contribution < -0.4 is 5.32 Å². The summed E-state index contributed by atoms with van der Waals surface area (Å²) in [6, 6.07) is 8.21. The van der Waals surface area contributed by atoms with Crippen LogP contribution in [0.3, 0.4) is 0 Å². The minimum Gasteiger partial charge on any atom is -0.322 e. The standard InChI is InChI=1S/C12H7BrCl2N2O/c13-9-2-1-7(5-10(9)14)12(18)17-8-3-4-16-11(15)6-8/h1-6H,(H,16,17,18). The molecule has 0 aliphatic rings. The molecule has 92 valence electrons. The summed E-state index contributed by atoms with van der Waals surface area (Å²) in [6.07, 6.45) is 1.52. The molecular formula is C12H7BrCl2N2O. The molecule has 0 radical (unpaired) electrons. The lowest BCUT2D eigenvalue weighted by Crippen LogP contribution is -2.11. The molecule has 0 spiro atoms. The Balaban J connectivity index is 2.19. The second-order valence-corrected chi connectivity index (χ2v) is 5.10. The van der Waals surface area contributed by atoms with E-state index in [1.54, 1.807) is 30.3 Å². The Morgan fingerprint density at radius 1 is 1.22 bits per heavy atom. The zero-order chi connectivity index (χ0) is 13.1. The van der Waals surface area contributed by atoms with Crippen LogP contribution in [0.5, 0.6) is 0 Å². The fourth-order valence-corrected chi connectivity index (χ4v) is 1.92. The molecule has 0 unspecified atom stereocenters. The highest BCUT2D eigenvalue weighted by molar-refractivity contribution is 9.10. The predicted octanol–water partition coefficient (Wildman–Crippen LogP) is 4.40. The number of anilines is 1. The summed E-state index contributed by atoms with van der Waals surface area (Å²) in [5, 5.41) is 3.51. The van der Waals surface area contributed by atoms with Crippen LogP contribution in [0.4, 0.5) is 5.69 Å². The van der Waals surface area contributed by atoms with E-state index in [0.717, 1.165) is 4.47 Å². The van der Waals surface area contributed by atoms with Gasteiger partial charge in [0.2, 0.25) is 0 Å². The quantitative estimate of drug-likeness (QED) is 0.819. The average molecular weight is 346 g/mol. The van der Waals surface area contributed by atoms with Gasteiger partial charge < -0.3 is 5.32 Å². The molecule has 18 heavy (non-hydrogen) atoms. The number of amides is 1. The number of nitrogens with one attached hydrogen (secondary N) is 1. The maximum absolute atomic E-state index is 11.9. The van der Waals surface area contributed by atoms with Gasteiger partial charge in [-0.1, -0.05) is 23.2 Å². The van der Waals surface area contributed by atoms with Crippen LogP contribution >= 0.6 is 39.1 Å². The minimum absolute atomic E-state index is 0.258. The Morgan fingerprint density at radius 3 is 2.67 bits per heavy atom. The minimum atomic E-state index is -0.258. The smallest absolute Gasteiger partial charge is 0.255 e. The molecule has 0 aliphatic heterocycles. The highest BCUT2D eigenvalue weighted by atomic mass is 79.9. The monoisotopic (exact) mass is 344 g/mol. The molecule has 6 heteroatoms. The van der Waals surface area contributed by atoms with Gasteiger partial charge in [0.25, 0.3) is 5.91 Å². The molecule has 0 atom stereocenters. The first-order valence-corrected chi connectivity index (χ1v) is 6.49. The van der Waals surface area contributed by atoms with Gasteiger partial charge in [-0.05, 0) is 46.3 Å². The van der Waals surface area contributed by atoms with Crippen LogP contribution in [-0.4, -0.2) is 10.9 Å². The first-order chi connectivity index (χ1) is 8.56. The summed E-state index contributed by atoms with van der Waals surface area (Å²) >= 11 is 14.9. The molecule has 2 rings (SSSR count). The van der Waals surface area contributed by atoms with Crippen LogP contribution in [0, 0.1) is 0 Å². The molecule has 2 aromatic rings. The van der Waals surface area contributed by atoms with Crippen molar-refractivity contribution >= 4 is 50.7 Å². The number of pyridine rings is 1. The highest BCUT2D eigenvalue weighted by Gasteiger charge is 2.08. The Hall–Kier alpha value is -1.10. The average Bonchev–Trinajstić information content (AvgIpc) is 2.32. The first kappa shape index (κ1) is 13.3. The van der Waals surface area contributed by atoms with Crippen molar-refractivity contribution in [3.05, 3.63) is 56.7 Å². The normalized spacial score (nSPS) is 10.2. The molecule has 1 N–H and O–H groups in total. The van der Waals surface area contributed by atoms with Crippen molar-refractivity contribution in [2.45, 2.75) is 0 Å². The number of halogens is 3. The fourth-order valence-electron chi connectivity index (χ4n) is 1.32. The van der Waals surface area contributed by atoms with Gasteiger partial charge in [-0.2, -0.15) is 0 Å². The summed E-state index contributed by atoms with van der Waals surface area (Å²) in [7, 11) is 0. The van der Waals surface area contributed by atoms with Gasteiger partial charge >= 0.3 is 0 Å². The van der Waals surface area contributed by atoms with E-state index < -0.39 is 0 Å². The molecule has 1 heterocycles. The Kier molecular flexibility index (Phi) is 4.22. The van der Waals surface area contributed by atoms with Gasteiger partial charge in [0, 0.05) is 21.9 Å². The van der Waals surface area contributed by atoms with E-state index in [1.807, 2.05) is 0 Å². The summed E-state index contributed by atoms with van der Waals surface area (Å²) in [6.45, 7) is 0. The van der Waals surface area contributed by atoms with Crippen LogP contribution in [0.25, 0.3) is 0 Å². The SMILES string of the molecule is O=C(Nc1ccnc(Cl)c1)c1ccc(Br)c(Cl)c1. The molecule has 0 bridgehead atoms. The maximum atomic E-state index is 11.9. The van der Waals surface area contributed by atoms with E-state index in [9.17, 15) is 4.79 Å². The largest absolute Gasteiger partial charge is 0.322 e. The third-order valence-corrected chi connectivity index (χ3v) is 3.61. The molecule has 0 saturated carbocycles. The van der Waals surface area contributed by atoms with Gasteiger partial charge in [-0.15, -0.1) is 0 Å². The zero-order valence-electron chi connectivity index (χ0n) is 8.95. The zero-order valence-corrected chi connectivity index (χ0v) is 12.1. The number of carbonyl (C=O) groups is 1. The molecule has 3 nitrogen and oxygen atoms in total. The van der Waals surface area contributed by atoms with Gasteiger partial charge in [-0.3, -0.25) is 4.79 Å². The van der Waals surface area contributed by atoms with Crippen molar-refractivity contribution in [3.63, 3.8) is 0 Å². The lowest BCUT2D eigenvalue weighted by Gasteiger charge is -2.06. The van der Waals surface area contributed by atoms with Crippen LogP contribution in [-0.2, 0) is 0 Å². The van der Waals surface area contributed by atoms with Gasteiger partial charge in [0.15, 0.2) is 0 Å². The highest BCUT2D eigenvalue weighted by Crippen LogP contribution is 2.23. The third-order valence-electron chi connectivity index (χ3n) is 2.17. The van der Waals surface area contributed by atoms with Gasteiger partial charge in [-0.25, -0.2) is 4.98 Å². The topological polar surface area (TPSA) is 42.0 Å². The van der Waals surface area contributed by atoms with E-state index in [0.29, 0.717) is 21.4 Å². The third kappa shape index (κ3) is 3.22. The number of carbonyl (C=O) groups excluding carboxylic acids is 1. The number of rotatable bonds is 2. The maximum Gasteiger partial charge on any atom is 0.255 e. The second-order valence-electron chi connectivity index (χ2n) is 3.45. The van der Waals surface area contributed by atoms with Gasteiger partial charge in [0.05, 0.1) is 5.02 Å². The molecular weight excluding hydrogens is 339 g/mol. The lowest BCUT2D eigenvalue weighted by atomic mass is 10.2. The summed E-state index contributed by atoms with van der Waals surface area (Å²) in [5.41, 5.74) is 1.05. The van der Waals surface area contributed by atoms with Crippen molar-refractivity contribution in [2.24, 2.45) is 0 Å². The van der Waals surface area contributed by atoms with Crippen molar-refractivity contribution in [1.29, 1.82) is 0 Å². The fraction of sp³-hybridized carbons (Fsp3) is 0. The summed E-state index contributed by atoms with van der Waals surface area (Å²) in [5.74, 6) is -0.258. The first-order valence-electron chi connectivity index (χ1n) is 4.94. The number of nitrogens with zero attached hydrogens (tertiary/aromatic N) is 1. The number of hydrogen-bond donors (Lipinski definition) is 1. The Bertz CT molecular complexity index is 604. The molecule has 0 fully saturated rings. The van der Waals surface area contributed by atoms with Crippen molar-refractivity contribution < 1.29 is 4.79 Å². The van der Waals surface area contributed by atoms with E-state index >= 15 is 0 Å². The molecule has 0 saturated heterocycles. The van der Waals surface area contributed by atoms with Crippen LogP contribution in [0.2, 0.25) is 10.2 Å². The Morgan fingerprint density at radius 2 is 2.00 bits per heavy atom. The van der Waals surface area contributed by atoms with E-state index in [4.69, 9.17) is 23.2 Å². The Labute approximate surface area is 122 Å². The second kappa shape index (κ2) is 5.69. The van der Waals surface area contributed by atoms with Crippen LogP contribution in [0.1, 0.15) is 10.4 Å². The number of aromatic nitrogens is 1. The summed E-state index contributed by atoms with van der Waals surface area (Å²) in [4.78, 5) is 15.8. The van der Waals surface area contributed by atoms with Crippen molar-refractivity contribution in [1.82, 2.24) is 4.98 Å². The van der Waals surface area contributed by atoms with E-state index in [2.05, 4.69) is 26.2 Å². The van der Waals surface area contributed by atoms with Crippen molar-refractivity contribution in [2.75, 3.05) is 5.32 Å². The van der Waals surface area contributed by atoms with Crippen molar-refractivity contribution in [3.8, 4) is 0 Å². The van der Waals surface area contributed by atoms with E-state index in [-0.39, 0.29) is 5.91 Å².